The van der Waals surface area contributed by atoms with Gasteiger partial charge in [-0.2, -0.15) is 0 Å². The van der Waals surface area contributed by atoms with Crippen molar-refractivity contribution in [2.45, 2.75) is 18.9 Å². The quantitative estimate of drug-likeness (QED) is 0.851. The van der Waals surface area contributed by atoms with Crippen LogP contribution in [0.15, 0.2) is 30.3 Å². The molecule has 1 heterocycles. The van der Waals surface area contributed by atoms with Crippen LogP contribution in [-0.4, -0.2) is 6.61 Å². The van der Waals surface area contributed by atoms with Gasteiger partial charge in [0.1, 0.15) is 17.4 Å². The molecule has 0 amide bonds. The van der Waals surface area contributed by atoms with Crippen molar-refractivity contribution in [1.29, 1.82) is 0 Å². The number of aryl methyl sites for hydroxylation is 1. The van der Waals surface area contributed by atoms with Crippen molar-refractivity contribution < 1.29 is 13.5 Å². The van der Waals surface area contributed by atoms with Gasteiger partial charge in [-0.1, -0.05) is 23.7 Å². The maximum atomic E-state index is 13.9. The van der Waals surface area contributed by atoms with Crippen molar-refractivity contribution in [3.8, 4) is 5.75 Å². The van der Waals surface area contributed by atoms with E-state index in [1.807, 2.05) is 12.1 Å². The van der Waals surface area contributed by atoms with Gasteiger partial charge in [0.2, 0.25) is 0 Å². The molecule has 110 valence electrons. The number of hydrogen-bond acceptors (Lipinski definition) is 2. The fourth-order valence-corrected chi connectivity index (χ4v) is 2.68. The topological polar surface area (TPSA) is 35.2 Å². The van der Waals surface area contributed by atoms with Crippen molar-refractivity contribution in [3.63, 3.8) is 0 Å². The number of nitrogens with two attached hydrogens (primary N) is 1. The number of halogens is 3. The number of hydrogen-bond donors (Lipinski definition) is 1. The van der Waals surface area contributed by atoms with E-state index in [4.69, 9.17) is 22.1 Å². The largest absolute Gasteiger partial charge is 0.493 e. The predicted molar refractivity (Wildman–Crippen MR) is 77.7 cm³/mol. The van der Waals surface area contributed by atoms with E-state index in [0.717, 1.165) is 41.9 Å². The molecule has 1 unspecified atom stereocenters. The third-order valence-corrected chi connectivity index (χ3v) is 3.96. The summed E-state index contributed by atoms with van der Waals surface area (Å²) >= 11 is 5.56. The van der Waals surface area contributed by atoms with Gasteiger partial charge in [-0.15, -0.1) is 0 Å². The summed E-state index contributed by atoms with van der Waals surface area (Å²) in [6.45, 7) is 0.704. The number of ether oxygens (including phenoxy) is 1. The first-order valence-corrected chi connectivity index (χ1v) is 7.09. The summed E-state index contributed by atoms with van der Waals surface area (Å²) in [6.07, 6.45) is 1.84. The Morgan fingerprint density at radius 3 is 2.76 bits per heavy atom. The molecule has 0 spiro atoms. The molecular weight excluding hydrogens is 296 g/mol. The number of benzene rings is 2. The zero-order valence-corrected chi connectivity index (χ0v) is 12.0. The fourth-order valence-electron chi connectivity index (χ4n) is 2.53. The van der Waals surface area contributed by atoms with E-state index in [2.05, 4.69) is 0 Å². The van der Waals surface area contributed by atoms with Gasteiger partial charge >= 0.3 is 0 Å². The van der Waals surface area contributed by atoms with Gasteiger partial charge in [0.15, 0.2) is 0 Å². The van der Waals surface area contributed by atoms with Crippen LogP contribution in [0.1, 0.15) is 29.2 Å². The molecule has 0 bridgehead atoms. The summed E-state index contributed by atoms with van der Waals surface area (Å²) in [7, 11) is 0. The van der Waals surface area contributed by atoms with E-state index in [-0.39, 0.29) is 10.6 Å². The molecule has 1 aliphatic heterocycles. The van der Waals surface area contributed by atoms with E-state index >= 15 is 0 Å². The fraction of sp³-hybridized carbons (Fsp3) is 0.250. The Morgan fingerprint density at radius 1 is 1.14 bits per heavy atom. The van der Waals surface area contributed by atoms with Crippen molar-refractivity contribution in [2.24, 2.45) is 5.73 Å². The van der Waals surface area contributed by atoms with Crippen LogP contribution in [0.3, 0.4) is 0 Å². The molecule has 21 heavy (non-hydrogen) atoms. The van der Waals surface area contributed by atoms with Crippen LogP contribution in [0, 0.1) is 11.6 Å². The minimum atomic E-state index is -0.746. The summed E-state index contributed by atoms with van der Waals surface area (Å²) in [4.78, 5) is 0. The number of rotatable bonds is 2. The zero-order chi connectivity index (χ0) is 15.0. The van der Waals surface area contributed by atoms with Crippen molar-refractivity contribution in [1.82, 2.24) is 0 Å². The summed E-state index contributed by atoms with van der Waals surface area (Å²) in [5, 5.41) is -0.248. The molecule has 3 rings (SSSR count). The van der Waals surface area contributed by atoms with Gasteiger partial charge in [-0.25, -0.2) is 8.78 Å². The van der Waals surface area contributed by atoms with Crippen LogP contribution < -0.4 is 10.5 Å². The highest BCUT2D eigenvalue weighted by Crippen LogP contribution is 2.31. The average molecular weight is 310 g/mol. The normalized spacial score (nSPS) is 15.2. The highest BCUT2D eigenvalue weighted by atomic mass is 35.5. The van der Waals surface area contributed by atoms with Crippen LogP contribution >= 0.6 is 11.6 Å². The molecule has 2 aromatic rings. The van der Waals surface area contributed by atoms with E-state index in [9.17, 15) is 8.78 Å². The van der Waals surface area contributed by atoms with E-state index in [0.29, 0.717) is 6.61 Å². The lowest BCUT2D eigenvalue weighted by molar-refractivity contribution is 0.288. The van der Waals surface area contributed by atoms with Crippen LogP contribution in [0.25, 0.3) is 0 Å². The Bertz CT molecular complexity index is 690. The molecule has 2 N–H and O–H groups in total. The Balaban J connectivity index is 1.98. The standard InChI is InChI=1S/C16H14ClF2NO/c17-12-8-13(18)11(7-14(12)19)16(20)10-3-4-15-9(6-10)2-1-5-21-15/h3-4,6-8,16H,1-2,5,20H2. The lowest BCUT2D eigenvalue weighted by atomic mass is 9.95. The Morgan fingerprint density at radius 2 is 1.95 bits per heavy atom. The van der Waals surface area contributed by atoms with Gasteiger partial charge in [0.25, 0.3) is 0 Å². The Hall–Kier alpha value is -1.65. The zero-order valence-electron chi connectivity index (χ0n) is 11.2. The average Bonchev–Trinajstić information content (AvgIpc) is 2.50. The highest BCUT2D eigenvalue weighted by Gasteiger charge is 2.19. The van der Waals surface area contributed by atoms with E-state index in [1.54, 1.807) is 6.07 Å². The SMILES string of the molecule is NC(c1ccc2c(c1)CCCO2)c1cc(F)c(Cl)cc1F. The van der Waals surface area contributed by atoms with Gasteiger partial charge in [0, 0.05) is 5.56 Å². The van der Waals surface area contributed by atoms with Crippen molar-refractivity contribution in [3.05, 3.63) is 63.7 Å². The molecule has 0 saturated heterocycles. The van der Waals surface area contributed by atoms with Crippen LogP contribution in [0.5, 0.6) is 5.75 Å². The number of fused-ring (bicyclic) bond motifs is 1. The van der Waals surface area contributed by atoms with Crippen molar-refractivity contribution in [2.75, 3.05) is 6.61 Å². The predicted octanol–water partition coefficient (Wildman–Crippen LogP) is 3.99. The smallest absolute Gasteiger partial charge is 0.142 e. The van der Waals surface area contributed by atoms with E-state index in [1.165, 1.54) is 0 Å². The summed E-state index contributed by atoms with van der Waals surface area (Å²) in [6, 6.07) is 6.76. The minimum Gasteiger partial charge on any atom is -0.493 e. The van der Waals surface area contributed by atoms with Gasteiger partial charge in [-0.3, -0.25) is 0 Å². The molecule has 2 nitrogen and oxygen atoms in total. The maximum Gasteiger partial charge on any atom is 0.142 e. The van der Waals surface area contributed by atoms with Crippen LogP contribution in [0.2, 0.25) is 5.02 Å². The molecule has 2 aromatic carbocycles. The second-order valence-corrected chi connectivity index (χ2v) is 5.49. The van der Waals surface area contributed by atoms with Gasteiger partial charge < -0.3 is 10.5 Å². The lowest BCUT2D eigenvalue weighted by Crippen LogP contribution is -2.16. The second-order valence-electron chi connectivity index (χ2n) is 5.08. The van der Waals surface area contributed by atoms with Crippen molar-refractivity contribution >= 4 is 11.6 Å². The first-order valence-electron chi connectivity index (χ1n) is 6.72. The first-order chi connectivity index (χ1) is 10.1. The Labute approximate surface area is 126 Å². The molecule has 0 radical (unpaired) electrons. The van der Waals surface area contributed by atoms with Crippen LogP contribution in [0.4, 0.5) is 8.78 Å². The van der Waals surface area contributed by atoms with Crippen LogP contribution in [-0.2, 0) is 6.42 Å². The third-order valence-electron chi connectivity index (χ3n) is 3.67. The first kappa shape index (κ1) is 14.3. The maximum absolute atomic E-state index is 13.9. The summed E-state index contributed by atoms with van der Waals surface area (Å²) in [5.74, 6) is -0.451. The van der Waals surface area contributed by atoms with E-state index < -0.39 is 17.7 Å². The van der Waals surface area contributed by atoms with Gasteiger partial charge in [-0.05, 0) is 42.2 Å². The molecule has 0 aromatic heterocycles. The molecule has 5 heteroatoms. The molecule has 0 fully saturated rings. The molecule has 0 aliphatic carbocycles. The second kappa shape index (κ2) is 5.62. The molecular formula is C16H14ClF2NO. The molecule has 0 saturated carbocycles. The highest BCUT2D eigenvalue weighted by molar-refractivity contribution is 6.30. The van der Waals surface area contributed by atoms with Gasteiger partial charge in [0.05, 0.1) is 17.7 Å². The summed E-state index contributed by atoms with van der Waals surface area (Å²) in [5.41, 5.74) is 7.94. The third kappa shape index (κ3) is 2.74. The monoisotopic (exact) mass is 309 g/mol. The Kier molecular flexibility index (Phi) is 3.83. The molecule has 1 aliphatic rings. The lowest BCUT2D eigenvalue weighted by Gasteiger charge is -2.20. The minimum absolute atomic E-state index is 0.0913. The molecule has 1 atom stereocenters. The summed E-state index contributed by atoms with van der Waals surface area (Å²) < 4.78 is 33.0.